The van der Waals surface area contributed by atoms with Crippen molar-refractivity contribution >= 4 is 23.5 Å². The minimum absolute atomic E-state index is 0.157. The summed E-state index contributed by atoms with van der Waals surface area (Å²) >= 11 is 0. The molecule has 2 N–H and O–H groups in total. The molecule has 122 valence electrons. The van der Waals surface area contributed by atoms with Gasteiger partial charge in [-0.15, -0.1) is 0 Å². The number of piperidine rings is 1. The first kappa shape index (κ1) is 18.0. The Hall–Kier alpha value is -2.02. The van der Waals surface area contributed by atoms with Gasteiger partial charge in [-0.3, -0.25) is 14.4 Å². The topological polar surface area (TPSA) is 110 Å². The second-order valence-electron chi connectivity index (χ2n) is 5.96. The summed E-state index contributed by atoms with van der Waals surface area (Å²) in [5, 5.41) is 11.6. The number of esters is 1. The average molecular weight is 311 g/mol. The van der Waals surface area contributed by atoms with Gasteiger partial charge < -0.3 is 15.2 Å². The summed E-state index contributed by atoms with van der Waals surface area (Å²) in [4.78, 5) is 46.4. The highest BCUT2D eigenvalue weighted by molar-refractivity contribution is 6.39. The largest absolute Gasteiger partial charge is 0.480 e. The highest BCUT2D eigenvalue weighted by Gasteiger charge is 2.39. The van der Waals surface area contributed by atoms with Crippen LogP contribution in [0.15, 0.2) is 12.7 Å². The molecule has 0 unspecified atom stereocenters. The van der Waals surface area contributed by atoms with Crippen molar-refractivity contribution in [3.63, 3.8) is 0 Å². The lowest BCUT2D eigenvalue weighted by Gasteiger charge is -2.28. The number of carboxylic acids is 1. The van der Waals surface area contributed by atoms with E-state index in [0.29, 0.717) is 12.8 Å². The molecule has 7 heteroatoms. The fourth-order valence-electron chi connectivity index (χ4n) is 2.19. The predicted molar refractivity (Wildman–Crippen MR) is 77.1 cm³/mol. The number of hydrogen-bond donors (Lipinski definition) is 2. The summed E-state index contributed by atoms with van der Waals surface area (Å²) in [7, 11) is 0. The SMILES string of the molecule is C=CC(=O)OCC(C)(C)C(=O)C(=O)[C@H]1CC[C@@H](C(=O)O)NC1. The molecule has 0 amide bonds. The lowest BCUT2D eigenvalue weighted by Crippen LogP contribution is -2.49. The van der Waals surface area contributed by atoms with E-state index in [0.717, 1.165) is 6.08 Å². The molecule has 1 aliphatic heterocycles. The molecule has 0 saturated carbocycles. The number of carbonyl (C=O) groups is 4. The zero-order valence-corrected chi connectivity index (χ0v) is 12.8. The zero-order valence-electron chi connectivity index (χ0n) is 12.8. The minimum atomic E-state index is -1.13. The van der Waals surface area contributed by atoms with E-state index in [1.165, 1.54) is 13.8 Å². The van der Waals surface area contributed by atoms with Crippen molar-refractivity contribution in [1.29, 1.82) is 0 Å². The fourth-order valence-corrected chi connectivity index (χ4v) is 2.19. The van der Waals surface area contributed by atoms with Crippen LogP contribution in [-0.2, 0) is 23.9 Å². The molecule has 1 heterocycles. The molecule has 1 fully saturated rings. The van der Waals surface area contributed by atoms with Gasteiger partial charge >= 0.3 is 11.9 Å². The number of hydrogen-bond acceptors (Lipinski definition) is 6. The summed E-state index contributed by atoms with van der Waals surface area (Å²) in [6, 6.07) is -0.680. The van der Waals surface area contributed by atoms with Crippen LogP contribution in [0.3, 0.4) is 0 Å². The van der Waals surface area contributed by atoms with Crippen LogP contribution in [0, 0.1) is 11.3 Å². The Kier molecular flexibility index (Phi) is 5.99. The van der Waals surface area contributed by atoms with Crippen molar-refractivity contribution in [2.45, 2.75) is 32.7 Å². The van der Waals surface area contributed by atoms with E-state index >= 15 is 0 Å². The summed E-state index contributed by atoms with van der Waals surface area (Å²) in [5.41, 5.74) is -1.13. The van der Waals surface area contributed by atoms with E-state index in [2.05, 4.69) is 11.9 Å². The molecule has 1 rings (SSSR count). The molecule has 22 heavy (non-hydrogen) atoms. The summed E-state index contributed by atoms with van der Waals surface area (Å²) < 4.78 is 4.84. The molecule has 0 aliphatic carbocycles. The monoisotopic (exact) mass is 311 g/mol. The van der Waals surface area contributed by atoms with E-state index in [9.17, 15) is 19.2 Å². The Morgan fingerprint density at radius 1 is 1.32 bits per heavy atom. The molecule has 0 spiro atoms. The predicted octanol–water partition coefficient (Wildman–Crippen LogP) is 0.333. The third kappa shape index (κ3) is 4.49. The molecule has 7 nitrogen and oxygen atoms in total. The van der Waals surface area contributed by atoms with Crippen LogP contribution in [-0.4, -0.2) is 47.8 Å². The lowest BCUT2D eigenvalue weighted by molar-refractivity contribution is -0.150. The summed E-state index contributed by atoms with van der Waals surface area (Å²) in [6.07, 6.45) is 1.63. The van der Waals surface area contributed by atoms with Crippen LogP contribution in [0.5, 0.6) is 0 Å². The van der Waals surface area contributed by atoms with Crippen LogP contribution < -0.4 is 5.32 Å². The maximum atomic E-state index is 12.3. The molecule has 2 atom stereocenters. The number of Topliss-reactive ketones (excluding diaryl/α,β-unsaturated/α-hetero) is 2. The first-order chi connectivity index (χ1) is 10.2. The van der Waals surface area contributed by atoms with E-state index in [1.54, 1.807) is 0 Å². The van der Waals surface area contributed by atoms with Gasteiger partial charge in [-0.05, 0) is 26.7 Å². The maximum absolute atomic E-state index is 12.3. The number of carboxylic acid groups (broad SMARTS) is 1. The third-order valence-corrected chi connectivity index (χ3v) is 3.66. The van der Waals surface area contributed by atoms with Crippen molar-refractivity contribution in [2.75, 3.05) is 13.2 Å². The van der Waals surface area contributed by atoms with Gasteiger partial charge in [0.15, 0.2) is 0 Å². The second-order valence-corrected chi connectivity index (χ2v) is 5.96. The van der Waals surface area contributed by atoms with Crippen molar-refractivity contribution in [2.24, 2.45) is 11.3 Å². The molecule has 1 aliphatic rings. The van der Waals surface area contributed by atoms with Crippen LogP contribution in [0.1, 0.15) is 26.7 Å². The Morgan fingerprint density at radius 3 is 2.41 bits per heavy atom. The number of rotatable bonds is 7. The zero-order chi connectivity index (χ0) is 16.9. The highest BCUT2D eigenvalue weighted by atomic mass is 16.5. The van der Waals surface area contributed by atoms with E-state index in [4.69, 9.17) is 9.84 Å². The van der Waals surface area contributed by atoms with Crippen LogP contribution in [0.25, 0.3) is 0 Å². The number of nitrogens with one attached hydrogen (secondary N) is 1. The fraction of sp³-hybridized carbons (Fsp3) is 0.600. The van der Waals surface area contributed by atoms with Gasteiger partial charge in [0, 0.05) is 18.5 Å². The van der Waals surface area contributed by atoms with Gasteiger partial charge in [-0.25, -0.2) is 4.79 Å². The van der Waals surface area contributed by atoms with Crippen molar-refractivity contribution in [3.8, 4) is 0 Å². The molecule has 0 aromatic heterocycles. The molecule has 0 aromatic carbocycles. The van der Waals surface area contributed by atoms with Gasteiger partial charge in [0.05, 0.1) is 5.41 Å². The molecular formula is C15H21NO6. The normalized spacial score (nSPS) is 21.7. The third-order valence-electron chi connectivity index (χ3n) is 3.66. The van der Waals surface area contributed by atoms with Crippen molar-refractivity contribution in [3.05, 3.63) is 12.7 Å². The summed E-state index contributed by atoms with van der Waals surface area (Å²) in [5.74, 6) is -3.34. The average Bonchev–Trinajstić information content (AvgIpc) is 2.51. The van der Waals surface area contributed by atoms with E-state index in [-0.39, 0.29) is 13.2 Å². The number of ketones is 2. The second kappa shape index (κ2) is 7.31. The molecule has 0 aromatic rings. The van der Waals surface area contributed by atoms with Crippen molar-refractivity contribution < 1.29 is 29.0 Å². The highest BCUT2D eigenvalue weighted by Crippen LogP contribution is 2.23. The maximum Gasteiger partial charge on any atom is 0.330 e. The smallest absolute Gasteiger partial charge is 0.330 e. The van der Waals surface area contributed by atoms with Gasteiger partial charge in [-0.2, -0.15) is 0 Å². The van der Waals surface area contributed by atoms with Crippen LogP contribution >= 0.6 is 0 Å². The van der Waals surface area contributed by atoms with E-state index in [1.807, 2.05) is 0 Å². The molecule has 0 radical (unpaired) electrons. The minimum Gasteiger partial charge on any atom is -0.480 e. The first-order valence-electron chi connectivity index (χ1n) is 7.03. The van der Waals surface area contributed by atoms with Gasteiger partial charge in [-0.1, -0.05) is 6.58 Å². The van der Waals surface area contributed by atoms with Gasteiger partial charge in [0.1, 0.15) is 12.6 Å². The number of aliphatic carboxylic acids is 1. The molecule has 0 bridgehead atoms. The van der Waals surface area contributed by atoms with Gasteiger partial charge in [0.2, 0.25) is 11.6 Å². The van der Waals surface area contributed by atoms with E-state index < -0.39 is 40.9 Å². The Labute approximate surface area is 128 Å². The standard InChI is InChI=1S/C15H21NO6/c1-4-11(17)22-8-15(2,3)13(19)12(18)9-5-6-10(14(20)21)16-7-9/h4,9-10,16H,1,5-8H2,2-3H3,(H,20,21)/t9-,10-/m0/s1. The molecule has 1 saturated heterocycles. The Morgan fingerprint density at radius 2 is 1.95 bits per heavy atom. The van der Waals surface area contributed by atoms with Gasteiger partial charge in [0.25, 0.3) is 0 Å². The van der Waals surface area contributed by atoms with Crippen molar-refractivity contribution in [1.82, 2.24) is 5.32 Å². The molecular weight excluding hydrogens is 290 g/mol. The number of ether oxygens (including phenoxy) is 1. The van der Waals surface area contributed by atoms with Crippen LogP contribution in [0.4, 0.5) is 0 Å². The number of carbonyl (C=O) groups excluding carboxylic acids is 3. The Balaban J connectivity index is 2.61. The van der Waals surface area contributed by atoms with Crippen LogP contribution in [0.2, 0.25) is 0 Å². The summed E-state index contributed by atoms with van der Waals surface area (Å²) in [6.45, 7) is 6.26. The quantitative estimate of drug-likeness (QED) is 0.396. The lowest BCUT2D eigenvalue weighted by atomic mass is 9.80. The Bertz CT molecular complexity index is 488. The first-order valence-corrected chi connectivity index (χ1v) is 7.03.